The van der Waals surface area contributed by atoms with E-state index in [1.807, 2.05) is 5.38 Å². The minimum absolute atomic E-state index is 0.330. The third kappa shape index (κ3) is 4.02. The molecule has 1 aromatic heterocycles. The maximum atomic E-state index is 13.7. The van der Waals surface area contributed by atoms with Gasteiger partial charge >= 0.3 is 0 Å². The van der Waals surface area contributed by atoms with Crippen LogP contribution in [0.5, 0.6) is 0 Å². The molecule has 0 spiro atoms. The molecule has 7 nitrogen and oxygen atoms in total. The lowest BCUT2D eigenvalue weighted by Gasteiger charge is -2.35. The molecule has 2 aromatic rings. The fraction of sp³-hybridized carbons (Fsp3) is 0.375. The monoisotopic (exact) mass is 398 g/mol. The molecule has 1 aliphatic heterocycles. The van der Waals surface area contributed by atoms with Gasteiger partial charge in [0.25, 0.3) is 0 Å². The molecular weight excluding hydrogens is 379 g/mol. The second-order valence-electron chi connectivity index (χ2n) is 5.90. The van der Waals surface area contributed by atoms with Gasteiger partial charge in [-0.2, -0.15) is 4.72 Å². The van der Waals surface area contributed by atoms with Crippen molar-refractivity contribution in [2.75, 3.05) is 31.1 Å². The van der Waals surface area contributed by atoms with Crippen molar-refractivity contribution in [3.8, 4) is 0 Å². The quantitative estimate of drug-likeness (QED) is 0.821. The third-order valence-corrected chi connectivity index (χ3v) is 6.52. The number of thiazole rings is 1. The second kappa shape index (κ2) is 7.68. The number of carbonyl (C=O) groups excluding carboxylic acids is 1. The molecule has 1 saturated heterocycles. The van der Waals surface area contributed by atoms with Crippen LogP contribution in [0, 0.1) is 5.82 Å². The van der Waals surface area contributed by atoms with E-state index in [9.17, 15) is 17.6 Å². The molecule has 26 heavy (non-hydrogen) atoms. The number of anilines is 1. The van der Waals surface area contributed by atoms with E-state index in [-0.39, 0.29) is 5.91 Å². The number of halogens is 1. The summed E-state index contributed by atoms with van der Waals surface area (Å²) in [5, 5.41) is 2.80. The van der Waals surface area contributed by atoms with Crippen LogP contribution in [0.2, 0.25) is 0 Å². The van der Waals surface area contributed by atoms with Gasteiger partial charge in [-0.25, -0.2) is 17.8 Å². The van der Waals surface area contributed by atoms with Gasteiger partial charge in [-0.3, -0.25) is 4.79 Å². The van der Waals surface area contributed by atoms with Crippen molar-refractivity contribution in [2.45, 2.75) is 17.9 Å². The van der Waals surface area contributed by atoms with Crippen LogP contribution in [0.4, 0.5) is 9.52 Å². The number of carbonyl (C=O) groups is 1. The molecule has 0 bridgehead atoms. The molecule has 1 fully saturated rings. The van der Waals surface area contributed by atoms with E-state index >= 15 is 0 Å². The predicted molar refractivity (Wildman–Crippen MR) is 97.1 cm³/mol. The lowest BCUT2D eigenvalue weighted by molar-refractivity contribution is -0.132. The van der Waals surface area contributed by atoms with Gasteiger partial charge in [-0.15, -0.1) is 11.3 Å². The first-order valence-electron chi connectivity index (χ1n) is 8.08. The summed E-state index contributed by atoms with van der Waals surface area (Å²) < 4.78 is 40.7. The summed E-state index contributed by atoms with van der Waals surface area (Å²) in [7, 11) is -4.11. The molecular formula is C16H19FN4O3S2. The van der Waals surface area contributed by atoms with Crippen molar-refractivity contribution >= 4 is 32.4 Å². The SMILES string of the molecule is C[C@H](NS(=O)(=O)c1ccccc1F)C(=O)N1CCN(c2nccs2)CC1. The lowest BCUT2D eigenvalue weighted by Crippen LogP contribution is -2.54. The van der Waals surface area contributed by atoms with Crippen LogP contribution >= 0.6 is 11.3 Å². The molecule has 10 heteroatoms. The van der Waals surface area contributed by atoms with Crippen LogP contribution < -0.4 is 9.62 Å². The lowest BCUT2D eigenvalue weighted by atomic mass is 10.2. The molecule has 140 valence electrons. The van der Waals surface area contributed by atoms with E-state index in [1.54, 1.807) is 11.1 Å². The highest BCUT2D eigenvalue weighted by Crippen LogP contribution is 2.19. The Morgan fingerprint density at radius 2 is 1.96 bits per heavy atom. The number of hydrogen-bond donors (Lipinski definition) is 1. The van der Waals surface area contributed by atoms with Gasteiger partial charge in [0.1, 0.15) is 10.7 Å². The molecule has 1 aromatic carbocycles. The zero-order valence-electron chi connectivity index (χ0n) is 14.1. The number of sulfonamides is 1. The standard InChI is InChI=1S/C16H19FN4O3S2/c1-12(19-26(23,24)14-5-3-2-4-13(14)17)15(22)20-7-9-21(10-8-20)16-18-6-11-25-16/h2-6,11-12,19H,7-10H2,1H3/t12-/m0/s1. The minimum Gasteiger partial charge on any atom is -0.345 e. The molecule has 1 amide bonds. The molecule has 1 aliphatic rings. The number of piperazine rings is 1. The van der Waals surface area contributed by atoms with Gasteiger partial charge in [0.15, 0.2) is 5.13 Å². The summed E-state index contributed by atoms with van der Waals surface area (Å²) in [4.78, 5) is 20.0. The number of benzene rings is 1. The third-order valence-electron chi connectivity index (χ3n) is 4.11. The molecule has 0 radical (unpaired) electrons. The van der Waals surface area contributed by atoms with E-state index in [1.165, 1.54) is 36.5 Å². The topological polar surface area (TPSA) is 82.6 Å². The van der Waals surface area contributed by atoms with Crippen LogP contribution in [0.3, 0.4) is 0 Å². The number of rotatable bonds is 5. The Kier molecular flexibility index (Phi) is 5.54. The summed E-state index contributed by atoms with van der Waals surface area (Å²) in [6.07, 6.45) is 1.73. The first kappa shape index (κ1) is 18.7. The largest absolute Gasteiger partial charge is 0.345 e. The van der Waals surface area contributed by atoms with E-state index in [0.717, 1.165) is 11.2 Å². The zero-order valence-corrected chi connectivity index (χ0v) is 15.8. The van der Waals surface area contributed by atoms with E-state index in [4.69, 9.17) is 0 Å². The fourth-order valence-corrected chi connectivity index (χ4v) is 4.75. The van der Waals surface area contributed by atoms with Crippen molar-refractivity contribution in [1.29, 1.82) is 0 Å². The highest BCUT2D eigenvalue weighted by molar-refractivity contribution is 7.89. The second-order valence-corrected chi connectivity index (χ2v) is 8.46. The molecule has 0 saturated carbocycles. The van der Waals surface area contributed by atoms with Crippen molar-refractivity contribution in [3.05, 3.63) is 41.7 Å². The van der Waals surface area contributed by atoms with Gasteiger partial charge in [0, 0.05) is 37.8 Å². The van der Waals surface area contributed by atoms with Crippen LogP contribution in [-0.4, -0.2) is 56.4 Å². The average molecular weight is 398 g/mol. The van der Waals surface area contributed by atoms with E-state index in [2.05, 4.69) is 14.6 Å². The highest BCUT2D eigenvalue weighted by Gasteiger charge is 2.29. The number of aromatic nitrogens is 1. The Labute approximate surface area is 155 Å². The first-order valence-corrected chi connectivity index (χ1v) is 10.4. The maximum absolute atomic E-state index is 13.7. The zero-order chi connectivity index (χ0) is 18.7. The van der Waals surface area contributed by atoms with Crippen LogP contribution in [0.1, 0.15) is 6.92 Å². The Morgan fingerprint density at radius 1 is 1.27 bits per heavy atom. The fourth-order valence-electron chi connectivity index (χ4n) is 2.77. The van der Waals surface area contributed by atoms with Crippen LogP contribution in [-0.2, 0) is 14.8 Å². The van der Waals surface area contributed by atoms with Crippen LogP contribution in [0.15, 0.2) is 40.7 Å². The molecule has 1 atom stereocenters. The number of amides is 1. The van der Waals surface area contributed by atoms with Crippen molar-refractivity contribution in [1.82, 2.24) is 14.6 Å². The minimum atomic E-state index is -4.11. The summed E-state index contributed by atoms with van der Waals surface area (Å²) in [6, 6.07) is 4.10. The van der Waals surface area contributed by atoms with Crippen molar-refractivity contribution in [2.24, 2.45) is 0 Å². The van der Waals surface area contributed by atoms with Crippen molar-refractivity contribution in [3.63, 3.8) is 0 Å². The van der Waals surface area contributed by atoms with Gasteiger partial charge in [-0.05, 0) is 19.1 Å². The van der Waals surface area contributed by atoms with Gasteiger partial charge < -0.3 is 9.80 Å². The molecule has 0 aliphatic carbocycles. The normalized spacial score (nSPS) is 16.5. The number of hydrogen-bond acceptors (Lipinski definition) is 6. The van der Waals surface area contributed by atoms with Gasteiger partial charge in [0.05, 0.1) is 6.04 Å². The number of nitrogens with zero attached hydrogens (tertiary/aromatic N) is 3. The maximum Gasteiger partial charge on any atom is 0.244 e. The first-order chi connectivity index (χ1) is 12.4. The molecule has 1 N–H and O–H groups in total. The van der Waals surface area contributed by atoms with Gasteiger partial charge in [0.2, 0.25) is 15.9 Å². The van der Waals surface area contributed by atoms with E-state index in [0.29, 0.717) is 26.2 Å². The van der Waals surface area contributed by atoms with Crippen molar-refractivity contribution < 1.29 is 17.6 Å². The Morgan fingerprint density at radius 3 is 2.58 bits per heavy atom. The predicted octanol–water partition coefficient (Wildman–Crippen LogP) is 1.30. The molecule has 3 rings (SSSR count). The average Bonchev–Trinajstić information content (AvgIpc) is 3.15. The Bertz CT molecular complexity index is 865. The summed E-state index contributed by atoms with van der Waals surface area (Å²) >= 11 is 1.54. The smallest absolute Gasteiger partial charge is 0.244 e. The molecule has 2 heterocycles. The number of nitrogens with one attached hydrogen (secondary N) is 1. The Hall–Kier alpha value is -2.04. The highest BCUT2D eigenvalue weighted by atomic mass is 32.2. The summed E-state index contributed by atoms with van der Waals surface area (Å²) in [5.41, 5.74) is 0. The van der Waals surface area contributed by atoms with E-state index < -0.39 is 26.8 Å². The molecule has 0 unspecified atom stereocenters. The van der Waals surface area contributed by atoms with Crippen LogP contribution in [0.25, 0.3) is 0 Å². The Balaban J connectivity index is 1.61. The summed E-state index contributed by atoms with van der Waals surface area (Å²) in [6.45, 7) is 3.68. The summed E-state index contributed by atoms with van der Waals surface area (Å²) in [5.74, 6) is -1.18. The van der Waals surface area contributed by atoms with Gasteiger partial charge in [-0.1, -0.05) is 12.1 Å².